The van der Waals surface area contributed by atoms with Crippen molar-refractivity contribution in [3.63, 3.8) is 0 Å². The molecule has 238 valence electrons. The Morgan fingerprint density at radius 3 is 2.19 bits per heavy atom. The second-order valence-electron chi connectivity index (χ2n) is 14.6. The zero-order valence-corrected chi connectivity index (χ0v) is 28.6. The van der Waals surface area contributed by atoms with Crippen LogP contribution in [0.25, 0.3) is 27.6 Å². The molecular formula is C42H44N4O. The van der Waals surface area contributed by atoms with Crippen molar-refractivity contribution >= 4 is 33.2 Å². The van der Waals surface area contributed by atoms with Crippen molar-refractivity contribution in [1.82, 2.24) is 9.55 Å². The molecule has 0 radical (unpaired) electrons. The van der Waals surface area contributed by atoms with Crippen LogP contribution in [0.4, 0.5) is 11.4 Å². The number of para-hydroxylation sites is 1. The van der Waals surface area contributed by atoms with Gasteiger partial charge in [-0.15, -0.1) is 0 Å². The topological polar surface area (TPSA) is 33.5 Å². The van der Waals surface area contributed by atoms with E-state index in [0.717, 1.165) is 47.1 Å². The molecule has 7 rings (SSSR count). The summed E-state index contributed by atoms with van der Waals surface area (Å²) in [6, 6.07) is 36.4. The van der Waals surface area contributed by atoms with E-state index in [-0.39, 0.29) is 10.8 Å². The number of hydrogen-bond donors (Lipinski definition) is 0. The van der Waals surface area contributed by atoms with Crippen molar-refractivity contribution in [2.45, 2.75) is 60.3 Å². The number of aryl methyl sites for hydroxylation is 1. The van der Waals surface area contributed by atoms with Crippen molar-refractivity contribution in [3.8, 4) is 17.3 Å². The maximum Gasteiger partial charge on any atom is 0.137 e. The maximum absolute atomic E-state index is 6.60. The Labute approximate surface area is 278 Å². The van der Waals surface area contributed by atoms with Crippen LogP contribution >= 0.6 is 0 Å². The van der Waals surface area contributed by atoms with Gasteiger partial charge in [0.2, 0.25) is 0 Å². The average molecular weight is 621 g/mol. The first kappa shape index (κ1) is 30.6. The molecule has 5 heteroatoms. The minimum atomic E-state index is -0.0508. The zero-order chi connectivity index (χ0) is 32.9. The smallest absolute Gasteiger partial charge is 0.137 e. The molecule has 4 aromatic carbocycles. The lowest BCUT2D eigenvalue weighted by Crippen LogP contribution is -2.30. The van der Waals surface area contributed by atoms with Gasteiger partial charge >= 0.3 is 0 Å². The van der Waals surface area contributed by atoms with Gasteiger partial charge in [-0.3, -0.25) is 4.57 Å². The fourth-order valence-corrected chi connectivity index (χ4v) is 6.54. The molecule has 0 fully saturated rings. The summed E-state index contributed by atoms with van der Waals surface area (Å²) in [5.74, 6) is 2.48. The third-order valence-electron chi connectivity index (χ3n) is 9.10. The number of rotatable bonds is 6. The molecule has 3 heterocycles. The molecule has 0 aliphatic carbocycles. The van der Waals surface area contributed by atoms with Gasteiger partial charge in [-0.2, -0.15) is 0 Å². The van der Waals surface area contributed by atoms with E-state index in [2.05, 4.69) is 153 Å². The molecule has 0 N–H and O–H groups in total. The highest BCUT2D eigenvalue weighted by molar-refractivity contribution is 6.09. The molecule has 0 saturated heterocycles. The Balaban J connectivity index is 1.23. The molecule has 1 aliphatic rings. The zero-order valence-electron chi connectivity index (χ0n) is 28.6. The van der Waals surface area contributed by atoms with Crippen LogP contribution in [0.2, 0.25) is 0 Å². The van der Waals surface area contributed by atoms with E-state index in [1.807, 2.05) is 30.5 Å². The first-order valence-electron chi connectivity index (χ1n) is 16.6. The van der Waals surface area contributed by atoms with Crippen LogP contribution < -0.4 is 14.5 Å². The summed E-state index contributed by atoms with van der Waals surface area (Å²) < 4.78 is 8.81. The molecule has 6 aromatic rings. The normalized spacial score (nSPS) is 13.9. The van der Waals surface area contributed by atoms with Crippen LogP contribution in [-0.2, 0) is 11.8 Å². The Hall–Kier alpha value is -5.03. The first-order chi connectivity index (χ1) is 22.5. The molecule has 47 heavy (non-hydrogen) atoms. The van der Waals surface area contributed by atoms with Gasteiger partial charge in [-0.25, -0.2) is 4.98 Å². The Morgan fingerprint density at radius 2 is 1.45 bits per heavy atom. The third-order valence-corrected chi connectivity index (χ3v) is 9.10. The van der Waals surface area contributed by atoms with Gasteiger partial charge in [0.1, 0.15) is 17.3 Å². The van der Waals surface area contributed by atoms with E-state index in [1.54, 1.807) is 0 Å². The molecule has 1 aliphatic heterocycles. The van der Waals surface area contributed by atoms with Gasteiger partial charge in [0.05, 0.1) is 17.7 Å². The monoisotopic (exact) mass is 620 g/mol. The molecule has 0 amide bonds. The molecule has 0 atom stereocenters. The van der Waals surface area contributed by atoms with E-state index >= 15 is 0 Å². The van der Waals surface area contributed by atoms with Crippen molar-refractivity contribution in [2.75, 3.05) is 16.5 Å². The van der Waals surface area contributed by atoms with E-state index in [4.69, 9.17) is 4.74 Å². The molecule has 0 spiro atoms. The minimum Gasteiger partial charge on any atom is -0.457 e. The highest BCUT2D eigenvalue weighted by atomic mass is 16.5. The van der Waals surface area contributed by atoms with Crippen LogP contribution in [0.15, 0.2) is 121 Å². The average Bonchev–Trinajstić information content (AvgIpc) is 3.65. The summed E-state index contributed by atoms with van der Waals surface area (Å²) in [6.45, 7) is 16.7. The van der Waals surface area contributed by atoms with Crippen molar-refractivity contribution in [3.05, 3.63) is 132 Å². The number of pyridine rings is 1. The summed E-state index contributed by atoms with van der Waals surface area (Å²) in [5.41, 5.74) is 8.57. The maximum atomic E-state index is 6.60. The fraction of sp³-hybridized carbons (Fsp3) is 0.262. The lowest BCUT2D eigenvalue weighted by molar-refractivity contribution is 0.481. The lowest BCUT2D eigenvalue weighted by Gasteiger charge is -2.31. The number of fused-ring (bicyclic) bond motifs is 3. The highest BCUT2D eigenvalue weighted by Gasteiger charge is 2.32. The number of hydrogen-bond acceptors (Lipinski definition) is 4. The number of anilines is 2. The quantitative estimate of drug-likeness (QED) is 0.185. The molecule has 0 bridgehead atoms. The minimum absolute atomic E-state index is 0.0508. The summed E-state index contributed by atoms with van der Waals surface area (Å²) in [7, 11) is 0. The van der Waals surface area contributed by atoms with Gasteiger partial charge in [-0.05, 0) is 77.6 Å². The second-order valence-corrected chi connectivity index (χ2v) is 14.6. The Bertz CT molecular complexity index is 2110. The van der Waals surface area contributed by atoms with E-state index in [9.17, 15) is 0 Å². The summed E-state index contributed by atoms with van der Waals surface area (Å²) in [5, 5.41) is 2.37. The SMILES string of the molecule is CCc1cc(N2C=C(C(C)(C)C)N(c3cccc(Oc4ccc5c6ccccc6n(-c6ccccn6)c5c4)c3)C2)cc(C(C)(C)C)c1. The highest BCUT2D eigenvalue weighted by Crippen LogP contribution is 2.41. The van der Waals surface area contributed by atoms with Gasteiger partial charge in [0, 0.05) is 57.8 Å². The summed E-state index contributed by atoms with van der Waals surface area (Å²) in [6.07, 6.45) is 5.18. The lowest BCUT2D eigenvalue weighted by atomic mass is 9.85. The van der Waals surface area contributed by atoms with Crippen LogP contribution in [0.5, 0.6) is 11.5 Å². The van der Waals surface area contributed by atoms with E-state index < -0.39 is 0 Å². The van der Waals surface area contributed by atoms with E-state index in [0.29, 0.717) is 0 Å². The predicted octanol–water partition coefficient (Wildman–Crippen LogP) is 11.0. The molecule has 0 unspecified atom stereocenters. The number of aromatic nitrogens is 2. The number of allylic oxidation sites excluding steroid dienone is 1. The van der Waals surface area contributed by atoms with Crippen molar-refractivity contribution in [1.29, 1.82) is 0 Å². The number of ether oxygens (including phenoxy) is 1. The van der Waals surface area contributed by atoms with Crippen LogP contribution in [0, 0.1) is 5.41 Å². The van der Waals surface area contributed by atoms with Gasteiger partial charge in [-0.1, -0.05) is 84.9 Å². The standard InChI is InChI=1S/C42H44N4O/c1-8-29-22-30(41(2,3)4)24-32(23-29)44-27-39(42(5,6)7)45(28-44)31-14-13-15-33(25-31)47-34-19-20-36-35-16-9-10-17-37(35)46(38(36)26-34)40-18-11-12-21-43-40/h9-27H,8,28H2,1-7H3. The molecule has 5 nitrogen and oxygen atoms in total. The summed E-state index contributed by atoms with van der Waals surface area (Å²) >= 11 is 0. The molecular weight excluding hydrogens is 576 g/mol. The predicted molar refractivity (Wildman–Crippen MR) is 197 cm³/mol. The van der Waals surface area contributed by atoms with Crippen molar-refractivity contribution < 1.29 is 4.74 Å². The largest absolute Gasteiger partial charge is 0.457 e. The van der Waals surface area contributed by atoms with Gasteiger partial charge in [0.25, 0.3) is 0 Å². The van der Waals surface area contributed by atoms with Gasteiger partial charge in [0.15, 0.2) is 0 Å². The summed E-state index contributed by atoms with van der Waals surface area (Å²) in [4.78, 5) is 9.50. The number of nitrogens with zero attached hydrogens (tertiary/aromatic N) is 4. The Morgan fingerprint density at radius 1 is 0.681 bits per heavy atom. The second kappa shape index (κ2) is 11.6. The van der Waals surface area contributed by atoms with Crippen LogP contribution in [0.1, 0.15) is 59.6 Å². The third kappa shape index (κ3) is 5.87. The van der Waals surface area contributed by atoms with Gasteiger partial charge < -0.3 is 14.5 Å². The van der Waals surface area contributed by atoms with Crippen molar-refractivity contribution in [2.24, 2.45) is 5.41 Å². The first-order valence-corrected chi connectivity index (χ1v) is 16.6. The van der Waals surface area contributed by atoms with Crippen LogP contribution in [-0.4, -0.2) is 16.2 Å². The fourth-order valence-electron chi connectivity index (χ4n) is 6.54. The molecule has 2 aromatic heterocycles. The Kier molecular flexibility index (Phi) is 7.59. The van der Waals surface area contributed by atoms with E-state index in [1.165, 1.54) is 33.3 Å². The van der Waals surface area contributed by atoms with Crippen LogP contribution in [0.3, 0.4) is 0 Å². The molecule has 0 saturated carbocycles. The number of benzene rings is 4.